The maximum Gasteiger partial charge on any atom is 0.197 e. The van der Waals surface area contributed by atoms with E-state index < -0.39 is 5.82 Å². The van der Waals surface area contributed by atoms with E-state index in [1.54, 1.807) is 0 Å². The molecule has 29 heavy (non-hydrogen) atoms. The van der Waals surface area contributed by atoms with Crippen LogP contribution in [0, 0.1) is 5.82 Å². The third-order valence-electron chi connectivity index (χ3n) is 6.20. The summed E-state index contributed by atoms with van der Waals surface area (Å²) in [6.45, 7) is 2.01. The second kappa shape index (κ2) is 7.67. The first-order valence-corrected chi connectivity index (χ1v) is 10.4. The summed E-state index contributed by atoms with van der Waals surface area (Å²) in [5.74, 6) is 1.09. The molecule has 5 nitrogen and oxygen atoms in total. The molecule has 5 rings (SSSR count). The fourth-order valence-corrected chi connectivity index (χ4v) is 4.58. The molecule has 0 amide bonds. The van der Waals surface area contributed by atoms with Gasteiger partial charge in [-0.1, -0.05) is 19.3 Å². The van der Waals surface area contributed by atoms with Gasteiger partial charge in [-0.15, -0.1) is 0 Å². The van der Waals surface area contributed by atoms with Crippen molar-refractivity contribution >= 4 is 11.0 Å². The molecule has 1 aliphatic carbocycles. The molecular formula is C23H24FN3O2. The zero-order chi connectivity index (χ0) is 19.8. The Kier molecular flexibility index (Phi) is 4.87. The predicted molar refractivity (Wildman–Crippen MR) is 108 cm³/mol. The highest BCUT2D eigenvalue weighted by Gasteiger charge is 2.23. The van der Waals surface area contributed by atoms with Gasteiger partial charge in [0.2, 0.25) is 0 Å². The smallest absolute Gasteiger partial charge is 0.197 e. The minimum Gasteiger partial charge on any atom is -0.464 e. The van der Waals surface area contributed by atoms with Crippen molar-refractivity contribution in [2.24, 2.45) is 0 Å². The summed E-state index contributed by atoms with van der Waals surface area (Å²) in [4.78, 5) is 24.5. The SMILES string of the molecule is O=c1c(CN2CCc3nc(C4CCCCC4)ncc3C2)coc2ccc(F)cc12. The topological polar surface area (TPSA) is 59.2 Å². The number of nitrogens with zero attached hydrogens (tertiary/aromatic N) is 3. The van der Waals surface area contributed by atoms with Gasteiger partial charge >= 0.3 is 0 Å². The lowest BCUT2D eigenvalue weighted by Gasteiger charge is -2.28. The minimum atomic E-state index is -0.431. The van der Waals surface area contributed by atoms with E-state index in [4.69, 9.17) is 9.40 Å². The van der Waals surface area contributed by atoms with Gasteiger partial charge in [-0.25, -0.2) is 14.4 Å². The highest BCUT2D eigenvalue weighted by molar-refractivity contribution is 5.76. The van der Waals surface area contributed by atoms with Crippen LogP contribution in [0.1, 0.15) is 60.7 Å². The lowest BCUT2D eigenvalue weighted by Crippen LogP contribution is -2.32. The predicted octanol–water partition coefficient (Wildman–Crippen LogP) is 4.33. The number of fused-ring (bicyclic) bond motifs is 2. The first-order valence-electron chi connectivity index (χ1n) is 10.4. The van der Waals surface area contributed by atoms with Gasteiger partial charge in [0.1, 0.15) is 17.2 Å². The second-order valence-corrected chi connectivity index (χ2v) is 8.23. The van der Waals surface area contributed by atoms with Crippen molar-refractivity contribution in [1.29, 1.82) is 0 Å². The zero-order valence-electron chi connectivity index (χ0n) is 16.4. The average Bonchev–Trinajstić information content (AvgIpc) is 2.76. The van der Waals surface area contributed by atoms with Gasteiger partial charge in [0.25, 0.3) is 0 Å². The molecule has 6 heteroatoms. The Morgan fingerprint density at radius 2 is 2.07 bits per heavy atom. The molecule has 0 radical (unpaired) electrons. The van der Waals surface area contributed by atoms with Crippen molar-refractivity contribution in [2.45, 2.75) is 57.5 Å². The fourth-order valence-electron chi connectivity index (χ4n) is 4.58. The molecule has 3 heterocycles. The van der Waals surface area contributed by atoms with E-state index in [0.29, 0.717) is 35.5 Å². The molecule has 0 saturated heterocycles. The van der Waals surface area contributed by atoms with E-state index in [9.17, 15) is 9.18 Å². The van der Waals surface area contributed by atoms with E-state index >= 15 is 0 Å². The fraction of sp³-hybridized carbons (Fsp3) is 0.435. The lowest BCUT2D eigenvalue weighted by atomic mass is 9.88. The summed E-state index contributed by atoms with van der Waals surface area (Å²) in [5, 5.41) is 0.292. The molecule has 0 spiro atoms. The van der Waals surface area contributed by atoms with Gasteiger partial charge in [0.15, 0.2) is 5.43 Å². The quantitative estimate of drug-likeness (QED) is 0.663. The summed E-state index contributed by atoms with van der Waals surface area (Å²) in [7, 11) is 0. The Balaban J connectivity index is 1.34. The molecule has 1 aliphatic heterocycles. The normalized spacial score (nSPS) is 18.1. The van der Waals surface area contributed by atoms with Crippen molar-refractivity contribution in [3.8, 4) is 0 Å². The largest absolute Gasteiger partial charge is 0.464 e. The lowest BCUT2D eigenvalue weighted by molar-refractivity contribution is 0.240. The van der Waals surface area contributed by atoms with E-state index in [1.807, 2.05) is 6.20 Å². The summed E-state index contributed by atoms with van der Waals surface area (Å²) in [6.07, 6.45) is 10.6. The van der Waals surface area contributed by atoms with Crippen LogP contribution in [0.25, 0.3) is 11.0 Å². The highest BCUT2D eigenvalue weighted by atomic mass is 19.1. The number of aromatic nitrogens is 2. The number of benzene rings is 1. The van der Waals surface area contributed by atoms with E-state index in [1.165, 1.54) is 56.6 Å². The number of hydrogen-bond donors (Lipinski definition) is 0. The summed E-state index contributed by atoms with van der Waals surface area (Å²) < 4.78 is 19.1. The summed E-state index contributed by atoms with van der Waals surface area (Å²) >= 11 is 0. The Bertz CT molecular complexity index is 1100. The molecule has 1 saturated carbocycles. The van der Waals surface area contributed by atoms with E-state index in [2.05, 4.69) is 9.88 Å². The van der Waals surface area contributed by atoms with Gasteiger partial charge in [0.05, 0.1) is 11.6 Å². The molecule has 1 fully saturated rings. The molecule has 150 valence electrons. The van der Waals surface area contributed by atoms with Gasteiger partial charge < -0.3 is 4.42 Å². The van der Waals surface area contributed by atoms with Crippen molar-refractivity contribution in [2.75, 3.05) is 6.54 Å². The van der Waals surface area contributed by atoms with Crippen LogP contribution in [-0.4, -0.2) is 21.4 Å². The van der Waals surface area contributed by atoms with Crippen LogP contribution < -0.4 is 5.43 Å². The molecule has 0 bridgehead atoms. The van der Waals surface area contributed by atoms with Crippen molar-refractivity contribution in [3.63, 3.8) is 0 Å². The maximum absolute atomic E-state index is 13.5. The number of halogens is 1. The first-order chi connectivity index (χ1) is 14.2. The average molecular weight is 393 g/mol. The van der Waals surface area contributed by atoms with Gasteiger partial charge in [0, 0.05) is 55.0 Å². The standard InChI is InChI=1S/C23H24FN3O2/c24-18-6-7-21-19(10-18)22(28)17(14-29-21)13-27-9-8-20-16(12-27)11-25-23(26-20)15-4-2-1-3-5-15/h6-7,10-11,14-15H,1-5,8-9,12-13H2. The Labute approximate surface area is 168 Å². The molecule has 3 aromatic rings. The van der Waals surface area contributed by atoms with Crippen LogP contribution in [-0.2, 0) is 19.5 Å². The second-order valence-electron chi connectivity index (χ2n) is 8.23. The number of rotatable bonds is 3. The molecule has 1 aromatic carbocycles. The molecule has 0 atom stereocenters. The molecule has 0 unspecified atom stereocenters. The third kappa shape index (κ3) is 3.69. The Hall–Kier alpha value is -2.60. The summed E-state index contributed by atoms with van der Waals surface area (Å²) in [5.41, 5.74) is 3.07. The van der Waals surface area contributed by atoms with Crippen LogP contribution in [0.4, 0.5) is 4.39 Å². The maximum atomic E-state index is 13.5. The van der Waals surface area contributed by atoms with Gasteiger partial charge in [-0.3, -0.25) is 9.69 Å². The Morgan fingerprint density at radius 1 is 1.21 bits per heavy atom. The van der Waals surface area contributed by atoms with Gasteiger partial charge in [-0.2, -0.15) is 0 Å². The van der Waals surface area contributed by atoms with Crippen LogP contribution in [0.2, 0.25) is 0 Å². The van der Waals surface area contributed by atoms with Crippen LogP contribution in [0.15, 0.2) is 39.9 Å². The molecule has 0 N–H and O–H groups in total. The third-order valence-corrected chi connectivity index (χ3v) is 6.20. The van der Waals surface area contributed by atoms with Crippen LogP contribution in [0.5, 0.6) is 0 Å². The van der Waals surface area contributed by atoms with E-state index in [0.717, 1.165) is 30.0 Å². The summed E-state index contributed by atoms with van der Waals surface area (Å²) in [6, 6.07) is 4.04. The van der Waals surface area contributed by atoms with E-state index in [-0.39, 0.29) is 5.43 Å². The van der Waals surface area contributed by atoms with Crippen molar-refractivity contribution in [3.05, 3.63) is 69.3 Å². The minimum absolute atomic E-state index is 0.166. The molecule has 2 aromatic heterocycles. The molecule has 2 aliphatic rings. The first kappa shape index (κ1) is 18.4. The van der Waals surface area contributed by atoms with Gasteiger partial charge in [-0.05, 0) is 31.0 Å². The number of hydrogen-bond acceptors (Lipinski definition) is 5. The molecular weight excluding hydrogens is 369 g/mol. The zero-order valence-corrected chi connectivity index (χ0v) is 16.4. The van der Waals surface area contributed by atoms with Crippen molar-refractivity contribution in [1.82, 2.24) is 14.9 Å². The van der Waals surface area contributed by atoms with Crippen LogP contribution in [0.3, 0.4) is 0 Å². The monoisotopic (exact) mass is 393 g/mol. The van der Waals surface area contributed by atoms with Crippen LogP contribution >= 0.6 is 0 Å². The Morgan fingerprint density at radius 3 is 2.93 bits per heavy atom. The highest BCUT2D eigenvalue weighted by Crippen LogP contribution is 2.31. The van der Waals surface area contributed by atoms with Crippen molar-refractivity contribution < 1.29 is 8.81 Å².